The average molecular weight is 326 g/mol. The maximum Gasteiger partial charge on any atom is 0.223 e. The number of aromatic nitrogens is 1. The number of amides is 1. The molecule has 1 aromatic carbocycles. The Hall–Kier alpha value is -2.30. The lowest BCUT2D eigenvalue weighted by Gasteiger charge is -2.08. The zero-order valence-electron chi connectivity index (χ0n) is 13.9. The Morgan fingerprint density at radius 1 is 1.29 bits per heavy atom. The van der Waals surface area contributed by atoms with Crippen LogP contribution < -0.4 is 10.1 Å². The van der Waals surface area contributed by atoms with Crippen molar-refractivity contribution in [2.45, 2.75) is 51.7 Å². The van der Waals surface area contributed by atoms with E-state index < -0.39 is 0 Å². The van der Waals surface area contributed by atoms with Gasteiger partial charge in [0.25, 0.3) is 0 Å². The summed E-state index contributed by atoms with van der Waals surface area (Å²) in [6.45, 7) is 2.49. The molecule has 24 heavy (non-hydrogen) atoms. The first-order chi connectivity index (χ1) is 11.7. The molecule has 1 aliphatic heterocycles. The molecule has 0 spiro atoms. The molecule has 2 heterocycles. The van der Waals surface area contributed by atoms with E-state index in [1.54, 1.807) is 0 Å². The van der Waals surface area contributed by atoms with Crippen LogP contribution in [0.5, 0.6) is 5.75 Å². The van der Waals surface area contributed by atoms with Crippen LogP contribution in [0.1, 0.15) is 43.9 Å². The Labute approximate surface area is 141 Å². The smallest absolute Gasteiger partial charge is 0.223 e. The van der Waals surface area contributed by atoms with Crippen molar-refractivity contribution in [1.29, 1.82) is 0 Å². The molecule has 4 rings (SSSR count). The molecular formula is C19H22N2O3. The van der Waals surface area contributed by atoms with Crippen molar-refractivity contribution in [2.24, 2.45) is 5.92 Å². The fraction of sp³-hybridized carbons (Fsp3) is 0.474. The van der Waals surface area contributed by atoms with Gasteiger partial charge in [-0.1, -0.05) is 18.0 Å². The van der Waals surface area contributed by atoms with Gasteiger partial charge in [0.2, 0.25) is 5.91 Å². The summed E-state index contributed by atoms with van der Waals surface area (Å²) in [7, 11) is 0. The van der Waals surface area contributed by atoms with Gasteiger partial charge >= 0.3 is 0 Å². The van der Waals surface area contributed by atoms with Crippen LogP contribution in [0.3, 0.4) is 0 Å². The Kier molecular flexibility index (Phi) is 4.00. The third-order valence-electron chi connectivity index (χ3n) is 4.91. The number of benzene rings is 1. The lowest BCUT2D eigenvalue weighted by molar-refractivity contribution is -0.125. The summed E-state index contributed by atoms with van der Waals surface area (Å²) in [6, 6.07) is 7.96. The van der Waals surface area contributed by atoms with Gasteiger partial charge in [0, 0.05) is 24.0 Å². The minimum Gasteiger partial charge on any atom is -0.490 e. The van der Waals surface area contributed by atoms with Crippen LogP contribution in [0, 0.1) is 5.92 Å². The second-order valence-electron chi connectivity index (χ2n) is 6.84. The van der Waals surface area contributed by atoms with Gasteiger partial charge in [-0.2, -0.15) is 0 Å². The largest absolute Gasteiger partial charge is 0.490 e. The van der Waals surface area contributed by atoms with Crippen LogP contribution in [0.2, 0.25) is 0 Å². The van der Waals surface area contributed by atoms with Crippen LogP contribution in [0.4, 0.5) is 0 Å². The number of carbonyl (C=O) groups is 1. The SMILES string of the molecule is C[C@H]1Cc2cc(-c3cc(CNC(=O)C4CCCC4)no3)ccc2O1. The Morgan fingerprint density at radius 2 is 2.12 bits per heavy atom. The minimum absolute atomic E-state index is 0.140. The van der Waals surface area contributed by atoms with Gasteiger partial charge in [-0.05, 0) is 43.5 Å². The average Bonchev–Trinajstić information content (AvgIpc) is 3.31. The maximum atomic E-state index is 12.1. The first-order valence-electron chi connectivity index (χ1n) is 8.72. The number of rotatable bonds is 4. The minimum atomic E-state index is 0.140. The van der Waals surface area contributed by atoms with Gasteiger partial charge in [0.15, 0.2) is 5.76 Å². The fourth-order valence-corrected chi connectivity index (χ4v) is 3.62. The Morgan fingerprint density at radius 3 is 2.96 bits per heavy atom. The molecule has 1 aromatic heterocycles. The molecule has 2 aliphatic rings. The molecule has 0 saturated heterocycles. The number of ether oxygens (including phenoxy) is 1. The number of nitrogens with zero attached hydrogens (tertiary/aromatic N) is 1. The monoisotopic (exact) mass is 326 g/mol. The number of fused-ring (bicyclic) bond motifs is 1. The van der Waals surface area contributed by atoms with Crippen LogP contribution >= 0.6 is 0 Å². The molecule has 1 fully saturated rings. The zero-order valence-corrected chi connectivity index (χ0v) is 13.9. The van der Waals surface area contributed by atoms with Gasteiger partial charge in [0.05, 0.1) is 6.54 Å². The van der Waals surface area contributed by atoms with E-state index in [1.807, 2.05) is 18.2 Å². The summed E-state index contributed by atoms with van der Waals surface area (Å²) >= 11 is 0. The highest BCUT2D eigenvalue weighted by atomic mass is 16.5. The summed E-state index contributed by atoms with van der Waals surface area (Å²) in [4.78, 5) is 12.1. The van der Waals surface area contributed by atoms with Crippen molar-refractivity contribution in [3.8, 4) is 17.1 Å². The summed E-state index contributed by atoms with van der Waals surface area (Å²) in [5, 5.41) is 7.05. The van der Waals surface area contributed by atoms with Gasteiger partial charge in [0.1, 0.15) is 17.5 Å². The molecule has 1 aliphatic carbocycles. The summed E-state index contributed by atoms with van der Waals surface area (Å²) in [5.74, 6) is 1.99. The lowest BCUT2D eigenvalue weighted by atomic mass is 10.1. The molecule has 5 heteroatoms. The van der Waals surface area contributed by atoms with Crippen molar-refractivity contribution >= 4 is 5.91 Å². The third-order valence-corrected chi connectivity index (χ3v) is 4.91. The van der Waals surface area contributed by atoms with Gasteiger partial charge in [-0.25, -0.2) is 0 Å². The second-order valence-corrected chi connectivity index (χ2v) is 6.84. The van der Waals surface area contributed by atoms with E-state index in [9.17, 15) is 4.79 Å². The van der Waals surface area contributed by atoms with Crippen molar-refractivity contribution in [3.05, 3.63) is 35.5 Å². The van der Waals surface area contributed by atoms with Gasteiger partial charge in [-0.3, -0.25) is 4.79 Å². The number of hydrogen-bond donors (Lipinski definition) is 1. The molecular weight excluding hydrogens is 304 g/mol. The number of carbonyl (C=O) groups excluding carboxylic acids is 1. The van der Waals surface area contributed by atoms with E-state index in [2.05, 4.69) is 23.5 Å². The van der Waals surface area contributed by atoms with E-state index in [4.69, 9.17) is 9.26 Å². The van der Waals surface area contributed by atoms with E-state index in [0.717, 1.165) is 54.9 Å². The molecule has 1 amide bonds. The predicted molar refractivity (Wildman–Crippen MR) is 89.5 cm³/mol. The Balaban J connectivity index is 1.41. The van der Waals surface area contributed by atoms with E-state index in [0.29, 0.717) is 6.54 Å². The summed E-state index contributed by atoms with van der Waals surface area (Å²) < 4.78 is 11.2. The van der Waals surface area contributed by atoms with E-state index >= 15 is 0 Å². The van der Waals surface area contributed by atoms with Crippen LogP contribution in [-0.2, 0) is 17.8 Å². The molecule has 1 atom stereocenters. The van der Waals surface area contributed by atoms with Crippen molar-refractivity contribution in [2.75, 3.05) is 0 Å². The highest BCUT2D eigenvalue weighted by Gasteiger charge is 2.23. The van der Waals surface area contributed by atoms with E-state index in [1.165, 1.54) is 5.56 Å². The molecule has 2 aromatic rings. The second kappa shape index (κ2) is 6.30. The highest BCUT2D eigenvalue weighted by molar-refractivity contribution is 5.78. The zero-order chi connectivity index (χ0) is 16.5. The van der Waals surface area contributed by atoms with Crippen molar-refractivity contribution in [1.82, 2.24) is 10.5 Å². The van der Waals surface area contributed by atoms with Gasteiger partial charge < -0.3 is 14.6 Å². The molecule has 1 saturated carbocycles. The molecule has 1 N–H and O–H groups in total. The standard InChI is InChI=1S/C19H22N2O3/c1-12-8-15-9-14(6-7-17(15)23-12)18-10-16(21-24-18)11-20-19(22)13-4-2-3-5-13/h6-7,9-10,12-13H,2-5,8,11H2,1H3,(H,20,22)/t12-/m0/s1. The Bertz CT molecular complexity index is 747. The summed E-state index contributed by atoms with van der Waals surface area (Å²) in [6.07, 6.45) is 5.48. The van der Waals surface area contributed by atoms with Crippen LogP contribution in [0.15, 0.2) is 28.8 Å². The first-order valence-corrected chi connectivity index (χ1v) is 8.72. The van der Waals surface area contributed by atoms with E-state index in [-0.39, 0.29) is 17.9 Å². The van der Waals surface area contributed by atoms with Crippen LogP contribution in [-0.4, -0.2) is 17.2 Å². The highest BCUT2D eigenvalue weighted by Crippen LogP contribution is 2.33. The predicted octanol–water partition coefficient (Wildman–Crippen LogP) is 3.47. The summed E-state index contributed by atoms with van der Waals surface area (Å²) in [5.41, 5.74) is 2.95. The maximum absolute atomic E-state index is 12.1. The van der Waals surface area contributed by atoms with Crippen molar-refractivity contribution in [3.63, 3.8) is 0 Å². The molecule has 5 nitrogen and oxygen atoms in total. The number of nitrogens with one attached hydrogen (secondary N) is 1. The molecule has 0 radical (unpaired) electrons. The first kappa shape index (κ1) is 15.2. The topological polar surface area (TPSA) is 64.4 Å². The normalized spacial score (nSPS) is 20.0. The van der Waals surface area contributed by atoms with Gasteiger partial charge in [-0.15, -0.1) is 0 Å². The molecule has 0 bridgehead atoms. The molecule has 0 unspecified atom stereocenters. The lowest BCUT2D eigenvalue weighted by Crippen LogP contribution is -2.28. The molecule has 126 valence electrons. The quantitative estimate of drug-likeness (QED) is 0.934. The third kappa shape index (κ3) is 3.03. The van der Waals surface area contributed by atoms with Crippen molar-refractivity contribution < 1.29 is 14.1 Å². The number of hydrogen-bond acceptors (Lipinski definition) is 4. The fourth-order valence-electron chi connectivity index (χ4n) is 3.62. The van der Waals surface area contributed by atoms with Crippen LogP contribution in [0.25, 0.3) is 11.3 Å².